The number of fused-ring (bicyclic) bond motifs is 1. The Morgan fingerprint density at radius 3 is 2.94 bits per heavy atom. The van der Waals surface area contributed by atoms with Gasteiger partial charge in [-0.2, -0.15) is 5.10 Å². The van der Waals surface area contributed by atoms with E-state index in [9.17, 15) is 4.79 Å². The van der Waals surface area contributed by atoms with Crippen molar-refractivity contribution in [1.82, 2.24) is 19.7 Å². The van der Waals surface area contributed by atoms with E-state index in [0.717, 1.165) is 0 Å². The lowest BCUT2D eigenvalue weighted by Gasteiger charge is -2.06. The molecule has 7 nitrogen and oxygen atoms in total. The van der Waals surface area contributed by atoms with Crippen LogP contribution in [-0.4, -0.2) is 37.4 Å². The maximum Gasteiger partial charge on any atom is 0.341 e. The molecular weight excluding hydrogens is 224 g/mol. The number of rotatable bonds is 4. The Bertz CT molecular complexity index is 549. The molecule has 0 aliphatic heterocycles. The first-order chi connectivity index (χ1) is 8.09. The Labute approximate surface area is 97.1 Å². The molecule has 0 unspecified atom stereocenters. The number of aromatic nitrogens is 4. The predicted octanol–water partition coefficient (Wildman–Crippen LogP) is 0.871. The van der Waals surface area contributed by atoms with E-state index >= 15 is 0 Å². The van der Waals surface area contributed by atoms with Crippen molar-refractivity contribution >= 4 is 17.0 Å². The number of aliphatic carboxylic acids is 1. The molecule has 2 aromatic rings. The van der Waals surface area contributed by atoms with Crippen molar-refractivity contribution in [2.24, 2.45) is 0 Å². The zero-order valence-electron chi connectivity index (χ0n) is 9.49. The lowest BCUT2D eigenvalue weighted by atomic mass is 10.4. The summed E-state index contributed by atoms with van der Waals surface area (Å²) in [5, 5.41) is 13.3. The summed E-state index contributed by atoms with van der Waals surface area (Å²) in [7, 11) is 0. The van der Waals surface area contributed by atoms with Crippen molar-refractivity contribution in [2.75, 3.05) is 6.61 Å². The second-order valence-corrected chi connectivity index (χ2v) is 3.78. The van der Waals surface area contributed by atoms with Crippen LogP contribution in [-0.2, 0) is 4.79 Å². The van der Waals surface area contributed by atoms with Gasteiger partial charge in [-0.05, 0) is 13.8 Å². The summed E-state index contributed by atoms with van der Waals surface area (Å²) in [4.78, 5) is 18.4. The quantitative estimate of drug-likeness (QED) is 0.847. The van der Waals surface area contributed by atoms with Crippen molar-refractivity contribution in [1.29, 1.82) is 0 Å². The number of carbonyl (C=O) groups is 1. The molecule has 0 bridgehead atoms. The Kier molecular flexibility index (Phi) is 2.90. The van der Waals surface area contributed by atoms with E-state index in [2.05, 4.69) is 15.1 Å². The van der Waals surface area contributed by atoms with E-state index in [0.29, 0.717) is 11.0 Å². The third-order valence-electron chi connectivity index (χ3n) is 2.18. The van der Waals surface area contributed by atoms with Crippen LogP contribution in [0.2, 0.25) is 0 Å². The molecule has 0 fully saturated rings. The Morgan fingerprint density at radius 2 is 2.29 bits per heavy atom. The molecule has 0 aliphatic rings. The van der Waals surface area contributed by atoms with Crippen molar-refractivity contribution in [3.8, 4) is 5.88 Å². The molecule has 90 valence electrons. The highest BCUT2D eigenvalue weighted by Gasteiger charge is 2.13. The van der Waals surface area contributed by atoms with Crippen LogP contribution in [0.3, 0.4) is 0 Å². The van der Waals surface area contributed by atoms with Crippen molar-refractivity contribution in [3.63, 3.8) is 0 Å². The lowest BCUT2D eigenvalue weighted by molar-refractivity contribution is -0.139. The average molecular weight is 236 g/mol. The first-order valence-corrected chi connectivity index (χ1v) is 5.12. The minimum atomic E-state index is -1.05. The van der Waals surface area contributed by atoms with Gasteiger partial charge in [0.25, 0.3) is 0 Å². The maximum absolute atomic E-state index is 10.4. The summed E-state index contributed by atoms with van der Waals surface area (Å²) in [5.74, 6) is -0.808. The molecular formula is C10H12N4O3. The smallest absolute Gasteiger partial charge is 0.341 e. The van der Waals surface area contributed by atoms with Gasteiger partial charge in [0.2, 0.25) is 5.88 Å². The third-order valence-corrected chi connectivity index (χ3v) is 2.18. The Hall–Kier alpha value is -2.18. The minimum absolute atomic E-state index is 0.162. The van der Waals surface area contributed by atoms with E-state index in [1.165, 1.54) is 6.33 Å². The standard InChI is InChI=1S/C10H12N4O3/c1-6(2)14-9-7(3-13-14)10(12-5-11-9)17-4-8(15)16/h3,5-6H,4H2,1-2H3,(H,15,16). The Balaban J connectivity index is 2.41. The van der Waals surface area contributed by atoms with Crippen molar-refractivity contribution < 1.29 is 14.6 Å². The number of hydrogen-bond donors (Lipinski definition) is 1. The summed E-state index contributed by atoms with van der Waals surface area (Å²) >= 11 is 0. The number of carboxylic acid groups (broad SMARTS) is 1. The average Bonchev–Trinajstić information content (AvgIpc) is 2.70. The fourth-order valence-electron chi connectivity index (χ4n) is 1.46. The molecule has 17 heavy (non-hydrogen) atoms. The van der Waals surface area contributed by atoms with E-state index < -0.39 is 12.6 Å². The molecule has 0 radical (unpaired) electrons. The molecule has 1 N–H and O–H groups in total. The van der Waals surface area contributed by atoms with Gasteiger partial charge in [0.1, 0.15) is 11.7 Å². The molecule has 7 heteroatoms. The summed E-state index contributed by atoms with van der Waals surface area (Å²) in [6.07, 6.45) is 2.91. The number of hydrogen-bond acceptors (Lipinski definition) is 5. The molecule has 2 heterocycles. The molecule has 2 rings (SSSR count). The van der Waals surface area contributed by atoms with E-state index in [4.69, 9.17) is 9.84 Å². The van der Waals surface area contributed by atoms with Crippen LogP contribution >= 0.6 is 0 Å². The van der Waals surface area contributed by atoms with E-state index in [-0.39, 0.29) is 11.9 Å². The molecule has 0 spiro atoms. The zero-order valence-corrected chi connectivity index (χ0v) is 9.49. The molecule has 0 amide bonds. The highest BCUT2D eigenvalue weighted by molar-refractivity contribution is 5.80. The van der Waals surface area contributed by atoms with Crippen molar-refractivity contribution in [2.45, 2.75) is 19.9 Å². The van der Waals surface area contributed by atoms with Crippen LogP contribution in [0.15, 0.2) is 12.5 Å². The first-order valence-electron chi connectivity index (χ1n) is 5.12. The van der Waals surface area contributed by atoms with E-state index in [1.807, 2.05) is 13.8 Å². The predicted molar refractivity (Wildman–Crippen MR) is 58.8 cm³/mol. The van der Waals surface area contributed by atoms with Crippen LogP contribution in [0, 0.1) is 0 Å². The normalized spacial score (nSPS) is 11.0. The number of carboxylic acids is 1. The van der Waals surface area contributed by atoms with Crippen LogP contribution in [0.5, 0.6) is 5.88 Å². The minimum Gasteiger partial charge on any atom is -0.479 e. The third kappa shape index (κ3) is 2.17. The fourth-order valence-corrected chi connectivity index (χ4v) is 1.46. The second kappa shape index (κ2) is 4.36. The first kappa shape index (κ1) is 11.3. The van der Waals surface area contributed by atoms with Gasteiger partial charge in [0.05, 0.1) is 6.20 Å². The van der Waals surface area contributed by atoms with Gasteiger partial charge in [0.15, 0.2) is 12.3 Å². The molecule has 0 saturated heterocycles. The molecule has 0 saturated carbocycles. The molecule has 0 atom stereocenters. The molecule has 0 aliphatic carbocycles. The monoisotopic (exact) mass is 236 g/mol. The van der Waals surface area contributed by atoms with Gasteiger partial charge in [-0.15, -0.1) is 0 Å². The lowest BCUT2D eigenvalue weighted by Crippen LogP contribution is -2.10. The Morgan fingerprint density at radius 1 is 1.53 bits per heavy atom. The van der Waals surface area contributed by atoms with Crippen molar-refractivity contribution in [3.05, 3.63) is 12.5 Å². The van der Waals surface area contributed by atoms with Crippen LogP contribution in [0.25, 0.3) is 11.0 Å². The van der Waals surface area contributed by atoms with Gasteiger partial charge < -0.3 is 9.84 Å². The topological polar surface area (TPSA) is 90.1 Å². The highest BCUT2D eigenvalue weighted by atomic mass is 16.5. The number of ether oxygens (including phenoxy) is 1. The van der Waals surface area contributed by atoms with Gasteiger partial charge in [0, 0.05) is 6.04 Å². The van der Waals surface area contributed by atoms with Gasteiger partial charge in [-0.3, -0.25) is 0 Å². The van der Waals surface area contributed by atoms with Crippen LogP contribution in [0.4, 0.5) is 0 Å². The zero-order chi connectivity index (χ0) is 12.4. The summed E-state index contributed by atoms with van der Waals surface area (Å²) < 4.78 is 6.80. The van der Waals surface area contributed by atoms with Gasteiger partial charge in [-0.25, -0.2) is 19.4 Å². The molecule has 2 aromatic heterocycles. The van der Waals surface area contributed by atoms with Crippen LogP contribution < -0.4 is 4.74 Å². The fraction of sp³-hybridized carbons (Fsp3) is 0.400. The number of nitrogens with zero attached hydrogens (tertiary/aromatic N) is 4. The maximum atomic E-state index is 10.4. The second-order valence-electron chi connectivity index (χ2n) is 3.78. The van der Waals surface area contributed by atoms with Crippen LogP contribution in [0.1, 0.15) is 19.9 Å². The summed E-state index contributed by atoms with van der Waals surface area (Å²) in [6.45, 7) is 3.53. The molecule has 0 aromatic carbocycles. The van der Waals surface area contributed by atoms with Gasteiger partial charge >= 0.3 is 5.97 Å². The van der Waals surface area contributed by atoms with Gasteiger partial charge in [-0.1, -0.05) is 0 Å². The highest BCUT2D eigenvalue weighted by Crippen LogP contribution is 2.22. The SMILES string of the molecule is CC(C)n1ncc2c(OCC(=O)O)ncnc21. The van der Waals surface area contributed by atoms with E-state index in [1.54, 1.807) is 10.9 Å². The summed E-state index contributed by atoms with van der Waals surface area (Å²) in [5.41, 5.74) is 0.635. The largest absolute Gasteiger partial charge is 0.479 e. The summed E-state index contributed by atoms with van der Waals surface area (Å²) in [6, 6.07) is 0.162.